The Kier molecular flexibility index (Phi) is 12.4. The van der Waals surface area contributed by atoms with Crippen molar-refractivity contribution >= 4 is 28.0 Å². The van der Waals surface area contributed by atoms with E-state index in [4.69, 9.17) is 5.11 Å². The molecule has 2 aromatic rings. The molecule has 1 aromatic heterocycles. The maximum atomic E-state index is 13.5. The van der Waals surface area contributed by atoms with Crippen LogP contribution in [0.3, 0.4) is 0 Å². The molecule has 216 valence electrons. The van der Waals surface area contributed by atoms with E-state index in [1.807, 2.05) is 13.8 Å². The minimum Gasteiger partial charge on any atom is -0.481 e. The third-order valence-electron chi connectivity index (χ3n) is 5.77. The number of hydrogen-bond donors (Lipinski definition) is 5. The first-order valence-electron chi connectivity index (χ1n) is 12.6. The van der Waals surface area contributed by atoms with E-state index in [1.54, 1.807) is 0 Å². The Morgan fingerprint density at radius 3 is 2.13 bits per heavy atom. The number of nitrogens with one attached hydrogen (secondary N) is 2. The van der Waals surface area contributed by atoms with Crippen LogP contribution in [-0.2, 0) is 14.8 Å². The second-order valence-electron chi connectivity index (χ2n) is 9.48. The first-order chi connectivity index (χ1) is 18.3. The van der Waals surface area contributed by atoms with Gasteiger partial charge in [0.25, 0.3) is 0 Å². The molecule has 13 heteroatoms. The molecule has 0 radical (unpaired) electrons. The summed E-state index contributed by atoms with van der Waals surface area (Å²) in [5, 5.41) is 35.2. The van der Waals surface area contributed by atoms with Crippen molar-refractivity contribution in [2.75, 3.05) is 43.8 Å². The van der Waals surface area contributed by atoms with Crippen molar-refractivity contribution in [3.05, 3.63) is 47.4 Å². The van der Waals surface area contributed by atoms with Crippen LogP contribution in [0.1, 0.15) is 43.9 Å². The van der Waals surface area contributed by atoms with Gasteiger partial charge in [0.1, 0.15) is 5.82 Å². The van der Waals surface area contributed by atoms with Gasteiger partial charge in [-0.2, -0.15) is 0 Å². The molecule has 0 spiro atoms. The SMILES string of the molecule is C1CNCCN1.CC(C)c1nc(N(C)S(C)(=O)=O)nc(-c2ccc(F)cc2)c1/C=C/[C@@H](O)C[C@@H](O)CC(=O)O. The van der Waals surface area contributed by atoms with Crippen LogP contribution in [0, 0.1) is 5.82 Å². The third kappa shape index (κ3) is 10.6. The van der Waals surface area contributed by atoms with E-state index in [0.717, 1.165) is 36.7 Å². The second kappa shape index (κ2) is 15.0. The van der Waals surface area contributed by atoms with Crippen LogP contribution >= 0.6 is 0 Å². The lowest BCUT2D eigenvalue weighted by Gasteiger charge is -2.20. The van der Waals surface area contributed by atoms with Gasteiger partial charge in [-0.1, -0.05) is 26.0 Å². The fourth-order valence-electron chi connectivity index (χ4n) is 3.65. The zero-order chi connectivity index (χ0) is 29.2. The number of benzene rings is 1. The van der Waals surface area contributed by atoms with E-state index in [-0.39, 0.29) is 18.3 Å². The molecule has 3 rings (SSSR count). The van der Waals surface area contributed by atoms with Crippen molar-refractivity contribution < 1.29 is 32.9 Å². The molecule has 39 heavy (non-hydrogen) atoms. The average molecular weight is 568 g/mol. The first kappa shape index (κ1) is 32.2. The zero-order valence-electron chi connectivity index (χ0n) is 22.6. The average Bonchev–Trinajstić information content (AvgIpc) is 2.87. The maximum Gasteiger partial charge on any atom is 0.305 e. The summed E-state index contributed by atoms with van der Waals surface area (Å²) < 4.78 is 38.6. The van der Waals surface area contributed by atoms with Gasteiger partial charge in [-0.3, -0.25) is 4.79 Å². The van der Waals surface area contributed by atoms with Crippen LogP contribution < -0.4 is 14.9 Å². The summed E-state index contributed by atoms with van der Waals surface area (Å²) in [6.07, 6.45) is 0.860. The number of hydrogen-bond acceptors (Lipinski definition) is 9. The molecule has 1 aliphatic heterocycles. The second-order valence-corrected chi connectivity index (χ2v) is 11.5. The number of aliphatic hydroxyl groups excluding tert-OH is 2. The Balaban J connectivity index is 0.000000780. The van der Waals surface area contributed by atoms with Gasteiger partial charge in [-0.15, -0.1) is 0 Å². The zero-order valence-corrected chi connectivity index (χ0v) is 23.4. The topological polar surface area (TPSA) is 165 Å². The molecule has 0 bridgehead atoms. The van der Waals surface area contributed by atoms with Crippen molar-refractivity contribution in [1.29, 1.82) is 0 Å². The Labute approximate surface area is 228 Å². The fraction of sp³-hybridized carbons (Fsp3) is 0.500. The summed E-state index contributed by atoms with van der Waals surface area (Å²) in [5.74, 6) is -1.87. The van der Waals surface area contributed by atoms with Gasteiger partial charge in [-0.25, -0.2) is 27.1 Å². The Morgan fingerprint density at radius 1 is 1.10 bits per heavy atom. The van der Waals surface area contributed by atoms with Gasteiger partial charge < -0.3 is 26.0 Å². The van der Waals surface area contributed by atoms with Crippen LogP contribution in [0.25, 0.3) is 17.3 Å². The molecule has 2 heterocycles. The Bertz CT molecular complexity index is 1210. The monoisotopic (exact) mass is 567 g/mol. The number of nitrogens with zero attached hydrogens (tertiary/aromatic N) is 3. The minimum absolute atomic E-state index is 0.0601. The van der Waals surface area contributed by atoms with Gasteiger partial charge in [0.05, 0.1) is 36.3 Å². The van der Waals surface area contributed by atoms with Crippen LogP contribution in [0.5, 0.6) is 0 Å². The van der Waals surface area contributed by atoms with Crippen molar-refractivity contribution in [3.8, 4) is 11.3 Å². The van der Waals surface area contributed by atoms with E-state index in [9.17, 15) is 27.8 Å². The number of piperazine rings is 1. The predicted octanol–water partition coefficient (Wildman–Crippen LogP) is 1.58. The number of carboxylic acids is 1. The van der Waals surface area contributed by atoms with Crippen LogP contribution in [0.15, 0.2) is 30.3 Å². The molecule has 0 amide bonds. The molecule has 5 N–H and O–H groups in total. The lowest BCUT2D eigenvalue weighted by molar-refractivity contribution is -0.139. The van der Waals surface area contributed by atoms with Crippen LogP contribution in [0.2, 0.25) is 0 Å². The third-order valence-corrected chi connectivity index (χ3v) is 6.93. The number of aliphatic hydroxyl groups is 2. The lowest BCUT2D eigenvalue weighted by Crippen LogP contribution is -2.39. The number of carbonyl (C=O) groups is 1. The van der Waals surface area contributed by atoms with Gasteiger partial charge in [0, 0.05) is 50.8 Å². The molecule has 0 unspecified atom stereocenters. The molecular weight excluding hydrogens is 529 g/mol. The highest BCUT2D eigenvalue weighted by Crippen LogP contribution is 2.31. The van der Waals surface area contributed by atoms with Crippen molar-refractivity contribution in [2.24, 2.45) is 0 Å². The summed E-state index contributed by atoms with van der Waals surface area (Å²) in [7, 11) is -2.33. The van der Waals surface area contributed by atoms with E-state index in [2.05, 4.69) is 20.6 Å². The highest BCUT2D eigenvalue weighted by atomic mass is 32.2. The Morgan fingerprint density at radius 2 is 1.67 bits per heavy atom. The standard InChI is InChI=1S/C22H28FN3O6S.C4H10N2/c1-13(2)20-18(10-9-16(27)11-17(28)12-19(29)30)21(14-5-7-15(23)8-6-14)25-22(24-20)26(3)33(4,31)32;1-2-6-4-3-5-1/h5-10,13,16-17,27-28H,11-12H2,1-4H3,(H,29,30);5-6H,1-4H2/b10-9+;/t16-,17-;/m1./s1. The van der Waals surface area contributed by atoms with Gasteiger partial charge in [0.15, 0.2) is 0 Å². The van der Waals surface area contributed by atoms with Crippen LogP contribution in [0.4, 0.5) is 10.3 Å². The molecule has 1 fully saturated rings. The molecule has 11 nitrogen and oxygen atoms in total. The van der Waals surface area contributed by atoms with Crippen molar-refractivity contribution in [1.82, 2.24) is 20.6 Å². The lowest BCUT2D eigenvalue weighted by atomic mass is 9.97. The highest BCUT2D eigenvalue weighted by molar-refractivity contribution is 7.92. The summed E-state index contributed by atoms with van der Waals surface area (Å²) in [6, 6.07) is 5.49. The van der Waals surface area contributed by atoms with Crippen LogP contribution in [-0.4, -0.2) is 91.4 Å². The predicted molar refractivity (Wildman–Crippen MR) is 148 cm³/mol. The van der Waals surface area contributed by atoms with E-state index >= 15 is 0 Å². The Hall–Kier alpha value is -2.97. The summed E-state index contributed by atoms with van der Waals surface area (Å²) in [4.78, 5) is 19.6. The minimum atomic E-state index is -3.65. The summed E-state index contributed by atoms with van der Waals surface area (Å²) in [5.41, 5.74) is 1.80. The van der Waals surface area contributed by atoms with Gasteiger partial charge in [0.2, 0.25) is 16.0 Å². The highest BCUT2D eigenvalue weighted by Gasteiger charge is 2.22. The molecular formula is C26H38FN5O6S. The number of aliphatic carboxylic acids is 1. The molecule has 0 aliphatic carbocycles. The number of sulfonamides is 1. The normalized spacial score (nSPS) is 15.5. The molecule has 1 aliphatic rings. The smallest absolute Gasteiger partial charge is 0.305 e. The molecule has 0 saturated carbocycles. The summed E-state index contributed by atoms with van der Waals surface area (Å²) in [6.45, 7) is 8.26. The number of halogens is 1. The van der Waals surface area contributed by atoms with Gasteiger partial charge >= 0.3 is 5.97 Å². The maximum absolute atomic E-state index is 13.5. The summed E-state index contributed by atoms with van der Waals surface area (Å²) >= 11 is 0. The fourth-order valence-corrected chi connectivity index (χ4v) is 4.03. The molecule has 2 atom stereocenters. The number of aromatic nitrogens is 2. The number of anilines is 1. The van der Waals surface area contributed by atoms with Crippen molar-refractivity contribution in [3.63, 3.8) is 0 Å². The molecule has 1 aromatic carbocycles. The van der Waals surface area contributed by atoms with E-state index < -0.39 is 40.4 Å². The van der Waals surface area contributed by atoms with Crippen molar-refractivity contribution in [2.45, 2.75) is 44.8 Å². The van der Waals surface area contributed by atoms with E-state index in [1.165, 1.54) is 43.5 Å². The quantitative estimate of drug-likeness (QED) is 0.285. The first-order valence-corrected chi connectivity index (χ1v) is 14.4. The number of rotatable bonds is 10. The number of carboxylic acid groups (broad SMARTS) is 1. The largest absolute Gasteiger partial charge is 0.481 e. The molecule has 1 saturated heterocycles. The van der Waals surface area contributed by atoms with E-state index in [0.29, 0.717) is 22.5 Å². The van der Waals surface area contributed by atoms with Gasteiger partial charge in [-0.05, 0) is 30.2 Å².